The van der Waals surface area contributed by atoms with Crippen LogP contribution in [0.2, 0.25) is 0 Å². The van der Waals surface area contributed by atoms with Crippen molar-refractivity contribution in [1.82, 2.24) is 4.90 Å². The summed E-state index contributed by atoms with van der Waals surface area (Å²) < 4.78 is 0. The summed E-state index contributed by atoms with van der Waals surface area (Å²) in [6.07, 6.45) is 11.9. The van der Waals surface area contributed by atoms with Crippen molar-refractivity contribution in [2.24, 2.45) is 28.6 Å². The Balaban J connectivity index is 1.47. The first-order chi connectivity index (χ1) is 17.3. The molecular weight excluding hydrogens is 438 g/mol. The van der Waals surface area contributed by atoms with Crippen LogP contribution in [-0.4, -0.2) is 10.8 Å². The van der Waals surface area contributed by atoms with Gasteiger partial charge in [-0.25, -0.2) is 0 Å². The van der Waals surface area contributed by atoms with E-state index in [4.69, 9.17) is 0 Å². The van der Waals surface area contributed by atoms with E-state index in [9.17, 15) is 4.79 Å². The Morgan fingerprint density at radius 3 is 2.14 bits per heavy atom. The molecule has 0 heterocycles. The van der Waals surface area contributed by atoms with E-state index in [0.29, 0.717) is 36.8 Å². The van der Waals surface area contributed by atoms with Crippen LogP contribution in [0.3, 0.4) is 0 Å². The maximum Gasteiger partial charge on any atom is 0.229 e. The molecule has 3 aliphatic carbocycles. The Morgan fingerprint density at radius 2 is 1.56 bits per heavy atom. The predicted molar refractivity (Wildman–Crippen MR) is 149 cm³/mol. The fourth-order valence-electron chi connectivity index (χ4n) is 7.77. The molecule has 0 aliphatic heterocycles. The van der Waals surface area contributed by atoms with Gasteiger partial charge in [0.2, 0.25) is 5.91 Å². The second kappa shape index (κ2) is 10.0. The van der Waals surface area contributed by atoms with E-state index in [-0.39, 0.29) is 10.8 Å². The van der Waals surface area contributed by atoms with Gasteiger partial charge in [0, 0.05) is 13.1 Å². The van der Waals surface area contributed by atoms with Crippen molar-refractivity contribution >= 4 is 5.91 Å². The lowest BCUT2D eigenvalue weighted by molar-refractivity contribution is -0.157. The van der Waals surface area contributed by atoms with Crippen LogP contribution in [0.25, 0.3) is 0 Å². The molecule has 190 valence electrons. The Morgan fingerprint density at radius 1 is 0.944 bits per heavy atom. The summed E-state index contributed by atoms with van der Waals surface area (Å²) >= 11 is 0. The molecule has 5 rings (SSSR count). The summed E-state index contributed by atoms with van der Waals surface area (Å²) in [5, 5.41) is 0. The number of nitrogens with zero attached hydrogens (tertiary/aromatic N) is 1. The van der Waals surface area contributed by atoms with Crippen molar-refractivity contribution in [2.45, 2.75) is 79.3 Å². The minimum Gasteiger partial charge on any atom is -0.334 e. The van der Waals surface area contributed by atoms with E-state index in [0.717, 1.165) is 19.3 Å². The molecule has 36 heavy (non-hydrogen) atoms. The standard InChI is InChI=1S/C34H43NO/c1-25(2)28-16-18-30-29(22-28)17-19-31-33(30,3)20-11-21-34(31,4)32(36)35(23-26-12-7-5-8-13-26)24-27-14-9-6-10-15-27/h5-10,12-15,17,22,25,30-31H,11,16,18-21,23-24H2,1-4H3/t30-,31?,33+,34+/m0/s1. The molecule has 2 nitrogen and oxygen atoms in total. The van der Waals surface area contributed by atoms with Gasteiger partial charge in [-0.15, -0.1) is 0 Å². The van der Waals surface area contributed by atoms with Gasteiger partial charge in [0.25, 0.3) is 0 Å². The summed E-state index contributed by atoms with van der Waals surface area (Å²) in [4.78, 5) is 16.8. The highest BCUT2D eigenvalue weighted by atomic mass is 16.2. The topological polar surface area (TPSA) is 20.3 Å². The zero-order valence-electron chi connectivity index (χ0n) is 22.7. The molecule has 2 aromatic rings. The highest BCUT2D eigenvalue weighted by Gasteiger charge is 2.57. The summed E-state index contributed by atoms with van der Waals surface area (Å²) in [6, 6.07) is 21.0. The van der Waals surface area contributed by atoms with Gasteiger partial charge in [-0.3, -0.25) is 4.79 Å². The molecule has 0 N–H and O–H groups in total. The summed E-state index contributed by atoms with van der Waals surface area (Å²) in [7, 11) is 0. The number of carbonyl (C=O) groups excluding carboxylic acids is 1. The number of benzene rings is 2. The van der Waals surface area contributed by atoms with Gasteiger partial charge in [-0.2, -0.15) is 0 Å². The van der Waals surface area contributed by atoms with Crippen molar-refractivity contribution in [3.05, 3.63) is 95.1 Å². The average molecular weight is 482 g/mol. The third-order valence-corrected chi connectivity index (χ3v) is 9.79. The van der Waals surface area contributed by atoms with Gasteiger partial charge in [0.1, 0.15) is 0 Å². The normalized spacial score (nSPS) is 29.6. The smallest absolute Gasteiger partial charge is 0.229 e. The molecule has 0 bridgehead atoms. The maximum absolute atomic E-state index is 14.6. The van der Waals surface area contributed by atoms with Gasteiger partial charge in [0.05, 0.1) is 5.41 Å². The van der Waals surface area contributed by atoms with Crippen LogP contribution in [-0.2, 0) is 17.9 Å². The third-order valence-electron chi connectivity index (χ3n) is 9.79. The van der Waals surface area contributed by atoms with Crippen LogP contribution in [0.5, 0.6) is 0 Å². The SMILES string of the molecule is CC(C)C1=CC2=CCC3[C@](C)(C(=O)N(Cc4ccccc4)Cc4ccccc4)CCC[C@]3(C)[C@H]2CC1. The van der Waals surface area contributed by atoms with Gasteiger partial charge >= 0.3 is 0 Å². The number of fused-ring (bicyclic) bond motifs is 3. The highest BCUT2D eigenvalue weighted by molar-refractivity contribution is 5.83. The minimum absolute atomic E-state index is 0.191. The number of amides is 1. The van der Waals surface area contributed by atoms with Crippen molar-refractivity contribution in [3.8, 4) is 0 Å². The molecule has 0 radical (unpaired) electrons. The zero-order valence-corrected chi connectivity index (χ0v) is 22.7. The summed E-state index contributed by atoms with van der Waals surface area (Å²) in [5.74, 6) is 1.95. The minimum atomic E-state index is -0.333. The lowest BCUT2D eigenvalue weighted by Crippen LogP contribution is -2.56. The molecule has 0 saturated heterocycles. The number of carbonyl (C=O) groups is 1. The first kappa shape index (κ1) is 25.1. The molecule has 0 aromatic heterocycles. The van der Waals surface area contributed by atoms with E-state index < -0.39 is 0 Å². The molecule has 3 aliphatic rings. The fourth-order valence-corrected chi connectivity index (χ4v) is 7.77. The van der Waals surface area contributed by atoms with Crippen LogP contribution in [0.15, 0.2) is 84.0 Å². The van der Waals surface area contributed by atoms with Gasteiger partial charge in [-0.1, -0.05) is 113 Å². The van der Waals surface area contributed by atoms with Crippen molar-refractivity contribution in [2.75, 3.05) is 0 Å². The van der Waals surface area contributed by atoms with Gasteiger partial charge < -0.3 is 4.90 Å². The second-order valence-electron chi connectivity index (χ2n) is 12.4. The molecule has 1 saturated carbocycles. The first-order valence-corrected chi connectivity index (χ1v) is 14.1. The Hall–Kier alpha value is -2.61. The fraction of sp³-hybridized carbons (Fsp3) is 0.500. The highest BCUT2D eigenvalue weighted by Crippen LogP contribution is 2.62. The van der Waals surface area contributed by atoms with E-state index in [1.807, 2.05) is 0 Å². The van der Waals surface area contributed by atoms with Crippen molar-refractivity contribution in [3.63, 3.8) is 0 Å². The number of rotatable bonds is 6. The number of allylic oxidation sites excluding steroid dienone is 4. The molecule has 2 aromatic carbocycles. The van der Waals surface area contributed by atoms with E-state index in [1.165, 1.54) is 30.4 Å². The van der Waals surface area contributed by atoms with Crippen LogP contribution in [0.1, 0.15) is 77.3 Å². The molecule has 1 fully saturated rings. The van der Waals surface area contributed by atoms with Crippen LogP contribution < -0.4 is 0 Å². The van der Waals surface area contributed by atoms with Crippen molar-refractivity contribution in [1.29, 1.82) is 0 Å². The molecule has 2 heteroatoms. The number of hydrogen-bond acceptors (Lipinski definition) is 1. The summed E-state index contributed by atoms with van der Waals surface area (Å²) in [5.41, 5.74) is 5.43. The Bertz CT molecular complexity index is 1090. The Labute approximate surface area is 218 Å². The molecule has 4 atom stereocenters. The maximum atomic E-state index is 14.6. The van der Waals surface area contributed by atoms with Crippen LogP contribution in [0.4, 0.5) is 0 Å². The summed E-state index contributed by atoms with van der Waals surface area (Å²) in [6.45, 7) is 10.8. The van der Waals surface area contributed by atoms with Crippen LogP contribution >= 0.6 is 0 Å². The molecular formula is C34H43NO. The molecule has 0 spiro atoms. The number of hydrogen-bond donors (Lipinski definition) is 0. The van der Waals surface area contributed by atoms with Crippen LogP contribution in [0, 0.1) is 28.6 Å². The predicted octanol–water partition coefficient (Wildman–Crippen LogP) is 8.35. The van der Waals surface area contributed by atoms with E-state index in [1.54, 1.807) is 11.1 Å². The third kappa shape index (κ3) is 4.60. The van der Waals surface area contributed by atoms with Crippen molar-refractivity contribution < 1.29 is 4.79 Å². The first-order valence-electron chi connectivity index (χ1n) is 14.1. The average Bonchev–Trinajstić information content (AvgIpc) is 2.88. The van der Waals surface area contributed by atoms with Gasteiger partial charge in [-0.05, 0) is 72.0 Å². The second-order valence-corrected chi connectivity index (χ2v) is 12.4. The van der Waals surface area contributed by atoms with Gasteiger partial charge in [0.15, 0.2) is 0 Å². The zero-order chi connectivity index (χ0) is 25.3. The lowest BCUT2D eigenvalue weighted by Gasteiger charge is -2.58. The monoisotopic (exact) mass is 481 g/mol. The largest absolute Gasteiger partial charge is 0.334 e. The van der Waals surface area contributed by atoms with E-state index >= 15 is 0 Å². The van der Waals surface area contributed by atoms with E-state index in [2.05, 4.69) is 105 Å². The molecule has 1 unspecified atom stereocenters. The lowest BCUT2D eigenvalue weighted by atomic mass is 9.46. The Kier molecular flexibility index (Phi) is 6.99. The molecule has 1 amide bonds. The quantitative estimate of drug-likeness (QED) is 0.406.